The number of nitrogen functional groups attached to an aromatic ring is 1. The van der Waals surface area contributed by atoms with Crippen molar-refractivity contribution in [3.63, 3.8) is 0 Å². The highest BCUT2D eigenvalue weighted by Crippen LogP contribution is 2.35. The zero-order chi connectivity index (χ0) is 11.9. The largest absolute Gasteiger partial charge is 0.394 e. The van der Waals surface area contributed by atoms with Crippen molar-refractivity contribution in [2.75, 3.05) is 17.7 Å². The van der Waals surface area contributed by atoms with Gasteiger partial charge in [-0.3, -0.25) is 0 Å². The van der Waals surface area contributed by atoms with Gasteiger partial charge in [-0.25, -0.2) is 9.97 Å². The number of aliphatic hydroxyl groups is 1. The van der Waals surface area contributed by atoms with Crippen LogP contribution in [0.3, 0.4) is 0 Å². The minimum Gasteiger partial charge on any atom is -0.394 e. The van der Waals surface area contributed by atoms with E-state index in [1.165, 1.54) is 0 Å². The van der Waals surface area contributed by atoms with Crippen molar-refractivity contribution in [1.82, 2.24) is 14.4 Å². The van der Waals surface area contributed by atoms with Crippen LogP contribution in [0.1, 0.15) is 19.3 Å². The van der Waals surface area contributed by atoms with Gasteiger partial charge in [-0.1, -0.05) is 0 Å². The van der Waals surface area contributed by atoms with Gasteiger partial charge >= 0.3 is 0 Å². The number of aliphatic hydroxyl groups excluding tert-OH is 1. The molecule has 1 saturated carbocycles. The quantitative estimate of drug-likeness (QED) is 0.724. The summed E-state index contributed by atoms with van der Waals surface area (Å²) in [6.07, 6.45) is 8.28. The Kier molecular flexibility index (Phi) is 2.19. The molecule has 0 aliphatic heterocycles. The Morgan fingerprint density at radius 2 is 2.35 bits per heavy atom. The van der Waals surface area contributed by atoms with Crippen LogP contribution in [-0.2, 0) is 0 Å². The minimum absolute atomic E-state index is 0.107. The summed E-state index contributed by atoms with van der Waals surface area (Å²) < 4.78 is 1.83. The van der Waals surface area contributed by atoms with Crippen LogP contribution in [0.25, 0.3) is 5.65 Å². The number of rotatable bonds is 3. The second-order valence-corrected chi connectivity index (χ2v) is 4.59. The minimum atomic E-state index is -0.243. The number of nitrogens with zero attached hydrogens (tertiary/aromatic N) is 3. The molecule has 1 aliphatic rings. The molecule has 90 valence electrons. The van der Waals surface area contributed by atoms with E-state index in [9.17, 15) is 5.11 Å². The van der Waals surface area contributed by atoms with Gasteiger partial charge in [-0.2, -0.15) is 0 Å². The van der Waals surface area contributed by atoms with Gasteiger partial charge in [0.15, 0.2) is 11.5 Å². The highest BCUT2D eigenvalue weighted by Gasteiger charge is 2.37. The van der Waals surface area contributed by atoms with Crippen LogP contribution in [0, 0.1) is 0 Å². The fourth-order valence-corrected chi connectivity index (χ4v) is 2.21. The second-order valence-electron chi connectivity index (χ2n) is 4.59. The SMILES string of the molecule is Nc1cn2ccnc2c(NC2(CO)CCC2)n1. The first-order valence-electron chi connectivity index (χ1n) is 5.71. The van der Waals surface area contributed by atoms with Gasteiger partial charge in [-0.15, -0.1) is 0 Å². The lowest BCUT2D eigenvalue weighted by molar-refractivity contribution is 0.144. The smallest absolute Gasteiger partial charge is 0.180 e. The molecular weight excluding hydrogens is 218 g/mol. The van der Waals surface area contributed by atoms with Gasteiger partial charge < -0.3 is 20.6 Å². The number of aromatic nitrogens is 3. The van der Waals surface area contributed by atoms with E-state index in [1.807, 2.05) is 10.6 Å². The maximum absolute atomic E-state index is 9.44. The Hall–Kier alpha value is -1.82. The molecule has 0 bridgehead atoms. The molecule has 0 atom stereocenters. The Balaban J connectivity index is 2.01. The maximum atomic E-state index is 9.44. The van der Waals surface area contributed by atoms with Crippen LogP contribution in [-0.4, -0.2) is 31.6 Å². The molecule has 0 aromatic carbocycles. The lowest BCUT2D eigenvalue weighted by Crippen LogP contribution is -2.48. The van der Waals surface area contributed by atoms with E-state index >= 15 is 0 Å². The monoisotopic (exact) mass is 233 g/mol. The van der Waals surface area contributed by atoms with Crippen LogP contribution in [0.2, 0.25) is 0 Å². The number of nitrogens with one attached hydrogen (secondary N) is 1. The molecule has 0 unspecified atom stereocenters. The Morgan fingerprint density at radius 3 is 3.00 bits per heavy atom. The molecule has 0 spiro atoms. The van der Waals surface area contributed by atoms with E-state index in [1.54, 1.807) is 12.4 Å². The molecule has 0 radical (unpaired) electrons. The molecule has 2 aromatic heterocycles. The van der Waals surface area contributed by atoms with Crippen LogP contribution >= 0.6 is 0 Å². The Labute approximate surface area is 98.5 Å². The number of hydrogen-bond donors (Lipinski definition) is 3. The summed E-state index contributed by atoms with van der Waals surface area (Å²) in [5.74, 6) is 1.08. The van der Waals surface area contributed by atoms with Gasteiger partial charge in [0.25, 0.3) is 0 Å². The van der Waals surface area contributed by atoms with Gasteiger partial charge in [0, 0.05) is 12.4 Å². The molecule has 4 N–H and O–H groups in total. The first kappa shape index (κ1) is 10.3. The van der Waals surface area contributed by atoms with Crippen molar-refractivity contribution in [3.05, 3.63) is 18.6 Å². The van der Waals surface area contributed by atoms with Gasteiger partial charge in [0.2, 0.25) is 0 Å². The van der Waals surface area contributed by atoms with Crippen molar-refractivity contribution in [2.45, 2.75) is 24.8 Å². The summed E-state index contributed by atoms with van der Waals surface area (Å²) >= 11 is 0. The summed E-state index contributed by atoms with van der Waals surface area (Å²) in [6.45, 7) is 0.107. The van der Waals surface area contributed by atoms with E-state index in [0.717, 1.165) is 24.9 Å². The predicted molar refractivity (Wildman–Crippen MR) is 64.7 cm³/mol. The zero-order valence-corrected chi connectivity index (χ0v) is 9.43. The van der Waals surface area contributed by atoms with Gasteiger partial charge in [0.1, 0.15) is 5.82 Å². The summed E-state index contributed by atoms with van der Waals surface area (Å²) in [6, 6.07) is 0. The third-order valence-electron chi connectivity index (χ3n) is 3.39. The predicted octanol–water partition coefficient (Wildman–Crippen LogP) is 0.638. The molecule has 2 heterocycles. The van der Waals surface area contributed by atoms with Crippen molar-refractivity contribution in [3.8, 4) is 0 Å². The van der Waals surface area contributed by atoms with E-state index in [4.69, 9.17) is 5.73 Å². The molecule has 17 heavy (non-hydrogen) atoms. The highest BCUT2D eigenvalue weighted by molar-refractivity contribution is 5.66. The third kappa shape index (κ3) is 1.61. The molecule has 1 aliphatic carbocycles. The number of imidazole rings is 1. The molecule has 0 saturated heterocycles. The average Bonchev–Trinajstić information content (AvgIpc) is 2.71. The Morgan fingerprint density at radius 1 is 1.53 bits per heavy atom. The first-order chi connectivity index (χ1) is 8.22. The first-order valence-corrected chi connectivity index (χ1v) is 5.71. The standard InChI is InChI=1S/C11H15N5O/c12-8-6-16-5-4-13-10(16)9(14-8)15-11(7-17)2-1-3-11/h4-6,17H,1-3,7,12H2,(H,14,15). The molecular formula is C11H15N5O. The molecule has 1 fully saturated rings. The van der Waals surface area contributed by atoms with Crippen molar-refractivity contribution >= 4 is 17.3 Å². The van der Waals surface area contributed by atoms with Crippen molar-refractivity contribution < 1.29 is 5.11 Å². The highest BCUT2D eigenvalue weighted by atomic mass is 16.3. The molecule has 3 rings (SSSR count). The van der Waals surface area contributed by atoms with E-state index in [2.05, 4.69) is 15.3 Å². The van der Waals surface area contributed by atoms with Crippen molar-refractivity contribution in [1.29, 1.82) is 0 Å². The van der Waals surface area contributed by atoms with Crippen molar-refractivity contribution in [2.24, 2.45) is 0 Å². The fraction of sp³-hybridized carbons (Fsp3) is 0.455. The number of hydrogen-bond acceptors (Lipinski definition) is 5. The van der Waals surface area contributed by atoms with E-state index in [0.29, 0.717) is 11.6 Å². The topological polar surface area (TPSA) is 88.5 Å². The summed E-state index contributed by atoms with van der Waals surface area (Å²) in [4.78, 5) is 8.50. The summed E-state index contributed by atoms with van der Waals surface area (Å²) in [7, 11) is 0. The van der Waals surface area contributed by atoms with Crippen LogP contribution in [0.5, 0.6) is 0 Å². The lowest BCUT2D eigenvalue weighted by atomic mass is 9.77. The second kappa shape index (κ2) is 3.59. The fourth-order valence-electron chi connectivity index (χ4n) is 2.21. The van der Waals surface area contributed by atoms with Crippen LogP contribution in [0.4, 0.5) is 11.6 Å². The molecule has 6 heteroatoms. The lowest BCUT2D eigenvalue weighted by Gasteiger charge is -2.41. The third-order valence-corrected chi connectivity index (χ3v) is 3.39. The summed E-state index contributed by atoms with van der Waals surface area (Å²) in [5.41, 5.74) is 6.23. The van der Waals surface area contributed by atoms with Crippen LogP contribution in [0.15, 0.2) is 18.6 Å². The zero-order valence-electron chi connectivity index (χ0n) is 9.43. The van der Waals surface area contributed by atoms with E-state index < -0.39 is 0 Å². The number of fused-ring (bicyclic) bond motifs is 1. The summed E-state index contributed by atoms with van der Waals surface area (Å²) in [5, 5.41) is 12.7. The number of nitrogens with two attached hydrogens (primary N) is 1. The van der Waals surface area contributed by atoms with Gasteiger partial charge in [0.05, 0.1) is 18.3 Å². The Bertz CT molecular complexity index is 540. The van der Waals surface area contributed by atoms with Crippen LogP contribution < -0.4 is 11.1 Å². The van der Waals surface area contributed by atoms with E-state index in [-0.39, 0.29) is 12.1 Å². The number of anilines is 2. The normalized spacial score (nSPS) is 17.9. The molecule has 0 amide bonds. The molecule has 2 aromatic rings. The van der Waals surface area contributed by atoms with Gasteiger partial charge in [-0.05, 0) is 19.3 Å². The average molecular weight is 233 g/mol. The maximum Gasteiger partial charge on any atom is 0.180 e. The molecule has 6 nitrogen and oxygen atoms in total.